The van der Waals surface area contributed by atoms with Crippen LogP contribution in [-0.4, -0.2) is 7.11 Å². The Labute approximate surface area is 123 Å². The number of halogens is 3. The molecule has 100 valence electrons. The Morgan fingerprint density at radius 2 is 1.89 bits per heavy atom. The monoisotopic (exact) mass is 306 g/mol. The topological polar surface area (TPSA) is 9.23 Å². The number of alkyl halides is 1. The van der Waals surface area contributed by atoms with Gasteiger partial charge in [-0.2, -0.15) is 0 Å². The van der Waals surface area contributed by atoms with E-state index in [9.17, 15) is 0 Å². The number of hydrogen-bond donors (Lipinski definition) is 0. The van der Waals surface area contributed by atoms with Crippen LogP contribution in [0, 0.1) is 5.92 Å². The van der Waals surface area contributed by atoms with Crippen molar-refractivity contribution in [2.75, 3.05) is 7.11 Å². The van der Waals surface area contributed by atoms with Crippen LogP contribution < -0.4 is 4.74 Å². The molecule has 1 aromatic carbocycles. The molecule has 1 atom stereocenters. The lowest BCUT2D eigenvalue weighted by molar-refractivity contribution is 0.414. The van der Waals surface area contributed by atoms with Gasteiger partial charge in [0.1, 0.15) is 5.75 Å². The minimum Gasteiger partial charge on any atom is -0.495 e. The Morgan fingerprint density at radius 3 is 2.50 bits per heavy atom. The van der Waals surface area contributed by atoms with E-state index in [2.05, 4.69) is 0 Å². The molecule has 1 aliphatic carbocycles. The number of ether oxygens (including phenoxy) is 1. The van der Waals surface area contributed by atoms with Gasteiger partial charge in [-0.1, -0.05) is 48.9 Å². The molecule has 2 rings (SSSR count). The second-order valence-corrected chi connectivity index (χ2v) is 6.20. The van der Waals surface area contributed by atoms with Gasteiger partial charge in [0.15, 0.2) is 0 Å². The summed E-state index contributed by atoms with van der Waals surface area (Å²) in [7, 11) is 1.58. The van der Waals surface area contributed by atoms with Crippen LogP contribution in [0.5, 0.6) is 5.75 Å². The van der Waals surface area contributed by atoms with Crippen molar-refractivity contribution < 1.29 is 4.74 Å². The van der Waals surface area contributed by atoms with Gasteiger partial charge in [0.25, 0.3) is 0 Å². The zero-order chi connectivity index (χ0) is 13.1. The van der Waals surface area contributed by atoms with Crippen LogP contribution in [0.3, 0.4) is 0 Å². The lowest BCUT2D eigenvalue weighted by Gasteiger charge is -2.17. The lowest BCUT2D eigenvalue weighted by atomic mass is 9.97. The van der Waals surface area contributed by atoms with Crippen molar-refractivity contribution in [3.05, 3.63) is 27.7 Å². The third-order valence-electron chi connectivity index (χ3n) is 3.62. The molecule has 1 unspecified atom stereocenters. The fraction of sp³-hybridized carbons (Fsp3) is 0.571. The van der Waals surface area contributed by atoms with Crippen LogP contribution in [-0.2, 0) is 0 Å². The molecular weight excluding hydrogens is 291 g/mol. The van der Waals surface area contributed by atoms with Crippen LogP contribution in [0.25, 0.3) is 0 Å². The van der Waals surface area contributed by atoms with Gasteiger partial charge >= 0.3 is 0 Å². The highest BCUT2D eigenvalue weighted by atomic mass is 35.5. The highest BCUT2D eigenvalue weighted by Crippen LogP contribution is 2.41. The molecule has 1 nitrogen and oxygen atoms in total. The van der Waals surface area contributed by atoms with E-state index in [-0.39, 0.29) is 5.38 Å². The van der Waals surface area contributed by atoms with E-state index in [4.69, 9.17) is 39.5 Å². The predicted octanol–water partition coefficient (Wildman–Crippen LogP) is 5.86. The predicted molar refractivity (Wildman–Crippen MR) is 78.2 cm³/mol. The van der Waals surface area contributed by atoms with Gasteiger partial charge in [-0.3, -0.25) is 0 Å². The van der Waals surface area contributed by atoms with Gasteiger partial charge < -0.3 is 4.74 Å². The number of rotatable bonds is 4. The smallest absolute Gasteiger partial charge is 0.138 e. The minimum absolute atomic E-state index is 0.0657. The molecule has 0 radical (unpaired) electrons. The zero-order valence-electron chi connectivity index (χ0n) is 10.4. The first-order valence-corrected chi connectivity index (χ1v) is 7.48. The van der Waals surface area contributed by atoms with Crippen molar-refractivity contribution in [1.29, 1.82) is 0 Å². The SMILES string of the molecule is COc1cc(Cl)c(C(Cl)CC2CCCC2)cc1Cl. The lowest BCUT2D eigenvalue weighted by Crippen LogP contribution is -2.01. The Morgan fingerprint density at radius 1 is 1.22 bits per heavy atom. The second kappa shape index (κ2) is 6.36. The van der Waals surface area contributed by atoms with Crippen LogP contribution >= 0.6 is 34.8 Å². The van der Waals surface area contributed by atoms with Crippen molar-refractivity contribution in [2.24, 2.45) is 5.92 Å². The standard InChI is InChI=1S/C14H17Cl3O/c1-18-14-8-12(16)10(7-13(14)17)11(15)6-9-4-2-3-5-9/h7-9,11H,2-6H2,1H3. The fourth-order valence-electron chi connectivity index (χ4n) is 2.61. The number of methoxy groups -OCH3 is 1. The molecule has 0 aromatic heterocycles. The maximum Gasteiger partial charge on any atom is 0.138 e. The van der Waals surface area contributed by atoms with Gasteiger partial charge in [0, 0.05) is 11.1 Å². The van der Waals surface area contributed by atoms with Crippen molar-refractivity contribution >= 4 is 34.8 Å². The van der Waals surface area contributed by atoms with Crippen molar-refractivity contribution in [3.8, 4) is 5.75 Å². The summed E-state index contributed by atoms with van der Waals surface area (Å²) in [6.45, 7) is 0. The summed E-state index contributed by atoms with van der Waals surface area (Å²) in [5.41, 5.74) is 0.913. The van der Waals surface area contributed by atoms with E-state index in [1.54, 1.807) is 13.2 Å². The van der Waals surface area contributed by atoms with Crippen molar-refractivity contribution in [1.82, 2.24) is 0 Å². The summed E-state index contributed by atoms with van der Waals surface area (Å²) in [6, 6.07) is 3.57. The Balaban J connectivity index is 2.13. The molecule has 0 aliphatic heterocycles. The fourth-order valence-corrected chi connectivity index (χ4v) is 3.63. The maximum absolute atomic E-state index is 6.48. The third-order valence-corrected chi connectivity index (χ3v) is 4.66. The molecule has 1 saturated carbocycles. The van der Waals surface area contributed by atoms with Gasteiger partial charge in [0.05, 0.1) is 17.5 Å². The van der Waals surface area contributed by atoms with Gasteiger partial charge in [0.2, 0.25) is 0 Å². The molecule has 4 heteroatoms. The highest BCUT2D eigenvalue weighted by Gasteiger charge is 2.22. The highest BCUT2D eigenvalue weighted by molar-refractivity contribution is 6.35. The molecule has 0 amide bonds. The maximum atomic E-state index is 6.48. The molecule has 18 heavy (non-hydrogen) atoms. The van der Waals surface area contributed by atoms with Crippen LogP contribution in [0.4, 0.5) is 0 Å². The van der Waals surface area contributed by atoms with Gasteiger partial charge in [-0.05, 0) is 24.0 Å². The van der Waals surface area contributed by atoms with E-state index in [1.807, 2.05) is 6.07 Å². The van der Waals surface area contributed by atoms with Gasteiger partial charge in [-0.25, -0.2) is 0 Å². The number of hydrogen-bond acceptors (Lipinski definition) is 1. The van der Waals surface area contributed by atoms with Crippen LogP contribution in [0.15, 0.2) is 12.1 Å². The Kier molecular flexibility index (Phi) is 5.06. The quantitative estimate of drug-likeness (QED) is 0.633. The molecule has 1 aliphatic rings. The Hall–Kier alpha value is -0.110. The average molecular weight is 308 g/mol. The molecule has 1 aromatic rings. The molecule has 0 saturated heterocycles. The molecule has 0 heterocycles. The molecular formula is C14H17Cl3O. The van der Waals surface area contributed by atoms with Crippen LogP contribution in [0.1, 0.15) is 43.0 Å². The zero-order valence-corrected chi connectivity index (χ0v) is 12.7. The van der Waals surface area contributed by atoms with E-state index in [1.165, 1.54) is 25.7 Å². The van der Waals surface area contributed by atoms with E-state index < -0.39 is 0 Å². The van der Waals surface area contributed by atoms with E-state index >= 15 is 0 Å². The van der Waals surface area contributed by atoms with Crippen molar-refractivity contribution in [2.45, 2.75) is 37.5 Å². The summed E-state index contributed by atoms with van der Waals surface area (Å²) in [4.78, 5) is 0. The summed E-state index contributed by atoms with van der Waals surface area (Å²) in [5.74, 6) is 1.32. The summed E-state index contributed by atoms with van der Waals surface area (Å²) in [6.07, 6.45) is 6.19. The molecule has 1 fully saturated rings. The molecule has 0 spiro atoms. The first-order valence-electron chi connectivity index (χ1n) is 6.28. The number of benzene rings is 1. The van der Waals surface area contributed by atoms with E-state index in [0.717, 1.165) is 17.9 Å². The largest absolute Gasteiger partial charge is 0.495 e. The molecule has 0 N–H and O–H groups in total. The molecule has 0 bridgehead atoms. The van der Waals surface area contributed by atoms with E-state index in [0.29, 0.717) is 15.8 Å². The third kappa shape index (κ3) is 3.26. The Bertz CT molecular complexity index is 414. The van der Waals surface area contributed by atoms with Crippen LogP contribution in [0.2, 0.25) is 10.0 Å². The first-order chi connectivity index (χ1) is 8.61. The summed E-state index contributed by atoms with van der Waals surface area (Å²) < 4.78 is 5.13. The normalized spacial score (nSPS) is 18.0. The summed E-state index contributed by atoms with van der Waals surface area (Å²) >= 11 is 18.8. The first kappa shape index (κ1) is 14.3. The summed E-state index contributed by atoms with van der Waals surface area (Å²) in [5, 5.41) is 1.13. The minimum atomic E-state index is -0.0657. The second-order valence-electron chi connectivity index (χ2n) is 4.86. The average Bonchev–Trinajstić information content (AvgIpc) is 2.84. The van der Waals surface area contributed by atoms with Gasteiger partial charge in [-0.15, -0.1) is 11.6 Å². The van der Waals surface area contributed by atoms with Crippen molar-refractivity contribution in [3.63, 3.8) is 0 Å².